The molecule has 0 bridgehead atoms. The molecule has 1 N–H and O–H groups in total. The number of halogens is 2. The highest BCUT2D eigenvalue weighted by atomic mass is 19.1. The van der Waals surface area contributed by atoms with Gasteiger partial charge in [0.05, 0.1) is 0 Å². The fourth-order valence-corrected chi connectivity index (χ4v) is 1.74. The van der Waals surface area contributed by atoms with Gasteiger partial charge in [-0.2, -0.15) is 0 Å². The molecule has 2 aromatic carbocycles. The molecule has 1 atom stereocenters. The topological polar surface area (TPSA) is 29.5 Å². The van der Waals surface area contributed by atoms with Crippen LogP contribution in [0.3, 0.4) is 0 Å². The van der Waals surface area contributed by atoms with Gasteiger partial charge in [0.2, 0.25) is 0 Å². The molecule has 0 radical (unpaired) electrons. The molecule has 0 aliphatic carbocycles. The Kier molecular flexibility index (Phi) is 4.12. The Morgan fingerprint density at radius 1 is 1.11 bits per heavy atom. The lowest BCUT2D eigenvalue weighted by Crippen LogP contribution is -2.12. The van der Waals surface area contributed by atoms with E-state index < -0.39 is 17.7 Å². The minimum absolute atomic E-state index is 0.0513. The highest BCUT2D eigenvalue weighted by Crippen LogP contribution is 2.22. The number of ether oxygens (including phenoxy) is 1. The number of benzene rings is 2. The summed E-state index contributed by atoms with van der Waals surface area (Å²) in [5, 5.41) is 9.84. The maximum absolute atomic E-state index is 13.7. The minimum atomic E-state index is -1.14. The summed E-state index contributed by atoms with van der Waals surface area (Å²) in [6, 6.07) is 10.6. The predicted octanol–water partition coefficient (Wildman–Crippen LogP) is 3.39. The van der Waals surface area contributed by atoms with Crippen molar-refractivity contribution in [2.45, 2.75) is 13.0 Å². The van der Waals surface area contributed by atoms with E-state index in [2.05, 4.69) is 0 Å². The maximum atomic E-state index is 13.7. The molecule has 1 unspecified atom stereocenters. The van der Waals surface area contributed by atoms with Crippen LogP contribution in [0.4, 0.5) is 8.78 Å². The first-order valence-electron chi connectivity index (χ1n) is 5.90. The van der Waals surface area contributed by atoms with Gasteiger partial charge in [-0.3, -0.25) is 0 Å². The molecule has 2 aromatic rings. The lowest BCUT2D eigenvalue weighted by Gasteiger charge is -2.14. The molecule has 4 heteroatoms. The summed E-state index contributed by atoms with van der Waals surface area (Å²) in [7, 11) is 0. The van der Waals surface area contributed by atoms with E-state index in [1.165, 1.54) is 24.3 Å². The summed E-state index contributed by atoms with van der Waals surface area (Å²) in [5.41, 5.74) is 0.591. The molecule has 0 aromatic heterocycles. The van der Waals surface area contributed by atoms with E-state index >= 15 is 0 Å². The van der Waals surface area contributed by atoms with Crippen molar-refractivity contribution in [3.8, 4) is 5.75 Å². The van der Waals surface area contributed by atoms with Gasteiger partial charge in [0.1, 0.15) is 18.5 Å². The SMILES string of the molecule is Cc1cccc(OCC(O)c2ccccc2F)c1F. The summed E-state index contributed by atoms with van der Waals surface area (Å²) in [6.07, 6.45) is -1.14. The Bertz CT molecular complexity index is 570. The molecule has 19 heavy (non-hydrogen) atoms. The monoisotopic (exact) mass is 264 g/mol. The van der Waals surface area contributed by atoms with Gasteiger partial charge >= 0.3 is 0 Å². The molecule has 0 aliphatic heterocycles. The van der Waals surface area contributed by atoms with Crippen LogP contribution in [-0.4, -0.2) is 11.7 Å². The van der Waals surface area contributed by atoms with E-state index in [9.17, 15) is 13.9 Å². The van der Waals surface area contributed by atoms with Crippen molar-refractivity contribution in [1.29, 1.82) is 0 Å². The third kappa shape index (κ3) is 3.09. The van der Waals surface area contributed by atoms with Crippen molar-refractivity contribution >= 4 is 0 Å². The summed E-state index contributed by atoms with van der Waals surface area (Å²) in [4.78, 5) is 0. The van der Waals surface area contributed by atoms with E-state index in [4.69, 9.17) is 4.74 Å². The van der Waals surface area contributed by atoms with Gasteiger partial charge in [-0.05, 0) is 24.6 Å². The van der Waals surface area contributed by atoms with Crippen LogP contribution in [0.15, 0.2) is 42.5 Å². The molecule has 100 valence electrons. The van der Waals surface area contributed by atoms with Crippen LogP contribution in [0.25, 0.3) is 0 Å². The van der Waals surface area contributed by atoms with Crippen LogP contribution in [-0.2, 0) is 0 Å². The molecule has 2 rings (SSSR count). The number of aryl methyl sites for hydroxylation is 1. The fraction of sp³-hybridized carbons (Fsp3) is 0.200. The van der Waals surface area contributed by atoms with Crippen LogP contribution in [0.2, 0.25) is 0 Å². The van der Waals surface area contributed by atoms with E-state index in [1.807, 2.05) is 0 Å². The number of aliphatic hydroxyl groups excluding tert-OH is 1. The van der Waals surface area contributed by atoms with Gasteiger partial charge in [-0.25, -0.2) is 8.78 Å². The van der Waals surface area contributed by atoms with E-state index in [0.29, 0.717) is 5.56 Å². The highest BCUT2D eigenvalue weighted by molar-refractivity contribution is 5.30. The predicted molar refractivity (Wildman–Crippen MR) is 68.0 cm³/mol. The highest BCUT2D eigenvalue weighted by Gasteiger charge is 2.14. The second-order valence-corrected chi connectivity index (χ2v) is 4.24. The first kappa shape index (κ1) is 13.5. The lowest BCUT2D eigenvalue weighted by molar-refractivity contribution is 0.102. The fourth-order valence-electron chi connectivity index (χ4n) is 1.74. The average Bonchev–Trinajstić information content (AvgIpc) is 2.40. The van der Waals surface area contributed by atoms with Gasteiger partial charge in [0.25, 0.3) is 0 Å². The second-order valence-electron chi connectivity index (χ2n) is 4.24. The first-order valence-corrected chi connectivity index (χ1v) is 5.90. The Balaban J connectivity index is 2.07. The lowest BCUT2D eigenvalue weighted by atomic mass is 10.1. The Morgan fingerprint density at radius 2 is 1.84 bits per heavy atom. The zero-order chi connectivity index (χ0) is 13.8. The number of hydrogen-bond donors (Lipinski definition) is 1. The summed E-state index contributed by atoms with van der Waals surface area (Å²) >= 11 is 0. The second kappa shape index (κ2) is 5.80. The van der Waals surface area contributed by atoms with Crippen molar-refractivity contribution < 1.29 is 18.6 Å². The van der Waals surface area contributed by atoms with Gasteiger partial charge in [0, 0.05) is 5.56 Å². The molecule has 0 saturated heterocycles. The molecule has 0 heterocycles. The third-order valence-corrected chi connectivity index (χ3v) is 2.82. The van der Waals surface area contributed by atoms with Crippen LogP contribution in [0, 0.1) is 18.6 Å². The summed E-state index contributed by atoms with van der Waals surface area (Å²) in [5.74, 6) is -0.929. The zero-order valence-electron chi connectivity index (χ0n) is 10.4. The van der Waals surface area contributed by atoms with Crippen LogP contribution < -0.4 is 4.74 Å². The Labute approximate surface area is 110 Å². The number of hydrogen-bond acceptors (Lipinski definition) is 2. The van der Waals surface area contributed by atoms with Gasteiger partial charge < -0.3 is 9.84 Å². The number of rotatable bonds is 4. The van der Waals surface area contributed by atoms with Crippen molar-refractivity contribution in [1.82, 2.24) is 0 Å². The van der Waals surface area contributed by atoms with Crippen LogP contribution in [0.5, 0.6) is 5.75 Å². The summed E-state index contributed by atoms with van der Waals surface area (Å²) in [6.45, 7) is 1.41. The molecular weight excluding hydrogens is 250 g/mol. The maximum Gasteiger partial charge on any atom is 0.167 e. The largest absolute Gasteiger partial charge is 0.487 e. The van der Waals surface area contributed by atoms with Crippen molar-refractivity contribution in [3.05, 3.63) is 65.2 Å². The van der Waals surface area contributed by atoms with Gasteiger partial charge in [-0.15, -0.1) is 0 Å². The molecule has 0 fully saturated rings. The van der Waals surface area contributed by atoms with Crippen molar-refractivity contribution in [2.75, 3.05) is 6.61 Å². The van der Waals surface area contributed by atoms with E-state index in [0.717, 1.165) is 0 Å². The van der Waals surface area contributed by atoms with Crippen molar-refractivity contribution in [3.63, 3.8) is 0 Å². The van der Waals surface area contributed by atoms with E-state index in [1.54, 1.807) is 25.1 Å². The molecule has 0 spiro atoms. The third-order valence-electron chi connectivity index (χ3n) is 2.82. The molecule has 2 nitrogen and oxygen atoms in total. The molecule has 0 amide bonds. The van der Waals surface area contributed by atoms with Crippen molar-refractivity contribution in [2.24, 2.45) is 0 Å². The van der Waals surface area contributed by atoms with Gasteiger partial charge in [0.15, 0.2) is 11.6 Å². The summed E-state index contributed by atoms with van der Waals surface area (Å²) < 4.78 is 32.3. The normalized spacial score (nSPS) is 12.2. The standard InChI is InChI=1S/C15H14F2O2/c1-10-5-4-8-14(15(10)17)19-9-13(18)11-6-2-3-7-12(11)16/h2-8,13,18H,9H2,1H3. The first-order chi connectivity index (χ1) is 9.09. The Morgan fingerprint density at radius 3 is 2.58 bits per heavy atom. The minimum Gasteiger partial charge on any atom is -0.487 e. The van der Waals surface area contributed by atoms with Crippen LogP contribution in [0.1, 0.15) is 17.2 Å². The van der Waals surface area contributed by atoms with Gasteiger partial charge in [-0.1, -0.05) is 30.3 Å². The average molecular weight is 264 g/mol. The van der Waals surface area contributed by atoms with E-state index in [-0.39, 0.29) is 17.9 Å². The smallest absolute Gasteiger partial charge is 0.167 e. The number of aliphatic hydroxyl groups is 1. The molecule has 0 aliphatic rings. The Hall–Kier alpha value is -1.94. The quantitative estimate of drug-likeness (QED) is 0.917. The molecular formula is C15H14F2O2. The zero-order valence-corrected chi connectivity index (χ0v) is 10.4. The molecule has 0 saturated carbocycles. The van der Waals surface area contributed by atoms with Crippen LogP contribution >= 0.6 is 0 Å².